The molecule has 0 aliphatic carbocycles. The Balaban J connectivity index is 2.25. The third-order valence-electron chi connectivity index (χ3n) is 3.49. The van der Waals surface area contributed by atoms with E-state index in [-0.39, 0.29) is 4.90 Å². The van der Waals surface area contributed by atoms with Gasteiger partial charge in [0.2, 0.25) is 0 Å². The van der Waals surface area contributed by atoms with Gasteiger partial charge in [-0.2, -0.15) is 0 Å². The van der Waals surface area contributed by atoms with Gasteiger partial charge in [-0.3, -0.25) is 0 Å². The monoisotopic (exact) mass is 393 g/mol. The molecule has 1 N–H and O–H groups in total. The maximum atomic E-state index is 12.9. The second-order valence-corrected chi connectivity index (χ2v) is 7.77. The van der Waals surface area contributed by atoms with Gasteiger partial charge in [0, 0.05) is 9.86 Å². The largest absolute Gasteiger partial charge is 0.537 e. The molecular weight excluding hydrogens is 381 g/mol. The molecule has 0 aliphatic rings. The molecule has 0 atom stereocenters. The molecule has 0 bridgehead atoms. The number of nitrogens with zero attached hydrogens (tertiary/aromatic N) is 1. The van der Waals surface area contributed by atoms with E-state index in [1.54, 1.807) is 42.5 Å². The number of rotatable bonds is 4. The summed E-state index contributed by atoms with van der Waals surface area (Å²) in [6.45, 7) is 1.90. The predicted octanol–water partition coefficient (Wildman–Crippen LogP) is 2.59. The molecule has 0 radical (unpaired) electrons. The summed E-state index contributed by atoms with van der Waals surface area (Å²) in [5, 5.41) is 9.62. The molecule has 3 aromatic rings. The van der Waals surface area contributed by atoms with E-state index in [1.807, 2.05) is 6.92 Å². The standard InChI is InChI=1S/C15H13BBrNO4S/c1-10-2-5-12(6-3-10)23(20,21)18-9-15(22-16-19)13-8-11(17)4-7-14(13)18/h2-9,16,19H,1H3. The van der Waals surface area contributed by atoms with Crippen LogP contribution in [0.3, 0.4) is 0 Å². The van der Waals surface area contributed by atoms with E-state index in [2.05, 4.69) is 15.9 Å². The molecule has 0 fully saturated rings. The first-order chi connectivity index (χ1) is 10.9. The van der Waals surface area contributed by atoms with E-state index in [0.29, 0.717) is 16.7 Å². The number of hydrogen-bond donors (Lipinski definition) is 1. The van der Waals surface area contributed by atoms with Gasteiger partial charge in [0.15, 0.2) is 0 Å². The molecule has 118 valence electrons. The Morgan fingerprint density at radius 3 is 2.52 bits per heavy atom. The molecule has 0 aliphatic heterocycles. The Morgan fingerprint density at radius 2 is 1.87 bits per heavy atom. The van der Waals surface area contributed by atoms with Crippen LogP contribution in [0, 0.1) is 6.92 Å². The van der Waals surface area contributed by atoms with Crippen LogP contribution in [0.25, 0.3) is 10.9 Å². The van der Waals surface area contributed by atoms with Crippen molar-refractivity contribution in [2.75, 3.05) is 0 Å². The van der Waals surface area contributed by atoms with Crippen LogP contribution in [-0.2, 0) is 10.0 Å². The zero-order chi connectivity index (χ0) is 16.6. The van der Waals surface area contributed by atoms with Crippen molar-refractivity contribution in [1.82, 2.24) is 3.97 Å². The molecule has 2 aromatic carbocycles. The van der Waals surface area contributed by atoms with Crippen molar-refractivity contribution in [1.29, 1.82) is 0 Å². The lowest BCUT2D eigenvalue weighted by molar-refractivity contribution is 0.456. The van der Waals surface area contributed by atoms with Gasteiger partial charge in [-0.1, -0.05) is 33.6 Å². The number of aryl methyl sites for hydroxylation is 1. The van der Waals surface area contributed by atoms with Gasteiger partial charge in [0.05, 0.1) is 16.6 Å². The van der Waals surface area contributed by atoms with Crippen molar-refractivity contribution >= 4 is 44.5 Å². The van der Waals surface area contributed by atoms with Crippen LogP contribution in [0.2, 0.25) is 0 Å². The minimum absolute atomic E-state index is 0.193. The minimum atomic E-state index is -3.75. The normalized spacial score (nSPS) is 11.6. The van der Waals surface area contributed by atoms with Crippen LogP contribution in [0.15, 0.2) is 58.0 Å². The summed E-state index contributed by atoms with van der Waals surface area (Å²) in [4.78, 5) is 0.193. The first kappa shape index (κ1) is 16.1. The fourth-order valence-corrected chi connectivity index (χ4v) is 4.07. The van der Waals surface area contributed by atoms with Crippen molar-refractivity contribution in [3.05, 3.63) is 58.7 Å². The summed E-state index contributed by atoms with van der Waals surface area (Å²) in [6.07, 6.45) is 1.38. The van der Waals surface area contributed by atoms with Crippen LogP contribution in [0.5, 0.6) is 5.75 Å². The predicted molar refractivity (Wildman–Crippen MR) is 93.4 cm³/mol. The third-order valence-corrected chi connectivity index (χ3v) is 5.67. The molecule has 0 saturated heterocycles. The average Bonchev–Trinajstić information content (AvgIpc) is 2.87. The molecule has 0 amide bonds. The minimum Gasteiger partial charge on any atom is -0.537 e. The molecule has 3 rings (SSSR count). The second kappa shape index (κ2) is 6.03. The molecule has 0 unspecified atom stereocenters. The topological polar surface area (TPSA) is 68.5 Å². The van der Waals surface area contributed by atoms with Crippen molar-refractivity contribution in [3.8, 4) is 5.75 Å². The summed E-state index contributed by atoms with van der Waals surface area (Å²) in [7, 11) is -4.28. The molecule has 8 heteroatoms. The fourth-order valence-electron chi connectivity index (χ4n) is 2.35. The highest BCUT2D eigenvalue weighted by Gasteiger charge is 2.22. The Labute approximate surface area is 143 Å². The highest BCUT2D eigenvalue weighted by molar-refractivity contribution is 9.10. The van der Waals surface area contributed by atoms with E-state index < -0.39 is 17.7 Å². The average molecular weight is 394 g/mol. The molecule has 5 nitrogen and oxygen atoms in total. The van der Waals surface area contributed by atoms with Crippen molar-refractivity contribution in [3.63, 3.8) is 0 Å². The lowest BCUT2D eigenvalue weighted by Crippen LogP contribution is -2.11. The van der Waals surface area contributed by atoms with Crippen molar-refractivity contribution < 1.29 is 18.1 Å². The van der Waals surface area contributed by atoms with Gasteiger partial charge in [-0.25, -0.2) is 12.4 Å². The Morgan fingerprint density at radius 1 is 1.17 bits per heavy atom. The van der Waals surface area contributed by atoms with E-state index in [9.17, 15) is 8.42 Å². The Kier molecular flexibility index (Phi) is 4.22. The first-order valence-electron chi connectivity index (χ1n) is 6.80. The smallest absolute Gasteiger partial charge is 0.504 e. The van der Waals surface area contributed by atoms with E-state index in [0.717, 1.165) is 10.0 Å². The zero-order valence-electron chi connectivity index (χ0n) is 12.2. The summed E-state index contributed by atoms with van der Waals surface area (Å²) in [5.74, 6) is 0.305. The van der Waals surface area contributed by atoms with Crippen LogP contribution < -0.4 is 4.65 Å². The quantitative estimate of drug-likeness (QED) is 0.691. The SMILES string of the molecule is Cc1ccc(S(=O)(=O)n2cc(OBO)c3cc(Br)ccc32)cc1. The third kappa shape index (κ3) is 2.89. The Hall–Kier alpha value is -1.77. The van der Waals surface area contributed by atoms with Crippen LogP contribution in [0.1, 0.15) is 5.56 Å². The van der Waals surface area contributed by atoms with Gasteiger partial charge in [-0.15, -0.1) is 0 Å². The maximum absolute atomic E-state index is 12.9. The number of fused-ring (bicyclic) bond motifs is 1. The lowest BCUT2D eigenvalue weighted by atomic mass is 10.2. The van der Waals surface area contributed by atoms with Gasteiger partial charge in [-0.05, 0) is 37.3 Å². The molecule has 0 saturated carbocycles. The summed E-state index contributed by atoms with van der Waals surface area (Å²) < 4.78 is 32.9. The maximum Gasteiger partial charge on any atom is 0.504 e. The Bertz CT molecular complexity index is 967. The van der Waals surface area contributed by atoms with Gasteiger partial charge in [0.25, 0.3) is 10.0 Å². The van der Waals surface area contributed by atoms with Gasteiger partial charge >= 0.3 is 7.69 Å². The molecule has 1 aromatic heterocycles. The van der Waals surface area contributed by atoms with Crippen LogP contribution in [0.4, 0.5) is 0 Å². The number of halogens is 1. The van der Waals surface area contributed by atoms with Crippen molar-refractivity contribution in [2.24, 2.45) is 0 Å². The van der Waals surface area contributed by atoms with Gasteiger partial charge < -0.3 is 9.68 Å². The number of hydrogen-bond acceptors (Lipinski definition) is 4. The summed E-state index contributed by atoms with van der Waals surface area (Å²) in [5.41, 5.74) is 1.46. The second-order valence-electron chi connectivity index (χ2n) is 5.04. The lowest BCUT2D eigenvalue weighted by Gasteiger charge is -2.07. The zero-order valence-corrected chi connectivity index (χ0v) is 14.6. The van der Waals surface area contributed by atoms with Crippen LogP contribution >= 0.6 is 15.9 Å². The fraction of sp³-hybridized carbons (Fsp3) is 0.0667. The highest BCUT2D eigenvalue weighted by atomic mass is 79.9. The number of benzene rings is 2. The van der Waals surface area contributed by atoms with E-state index in [1.165, 1.54) is 10.2 Å². The van der Waals surface area contributed by atoms with Gasteiger partial charge in [0.1, 0.15) is 5.75 Å². The molecule has 1 heterocycles. The first-order valence-corrected chi connectivity index (χ1v) is 9.03. The highest BCUT2D eigenvalue weighted by Crippen LogP contribution is 2.33. The molecule has 23 heavy (non-hydrogen) atoms. The number of aromatic nitrogens is 1. The summed E-state index contributed by atoms with van der Waals surface area (Å²) in [6, 6.07) is 11.8. The molecule has 0 spiro atoms. The van der Waals surface area contributed by atoms with E-state index in [4.69, 9.17) is 9.68 Å². The van der Waals surface area contributed by atoms with Crippen LogP contribution in [-0.4, -0.2) is 25.1 Å². The summed E-state index contributed by atoms with van der Waals surface area (Å²) >= 11 is 3.35. The van der Waals surface area contributed by atoms with Crippen molar-refractivity contribution in [2.45, 2.75) is 11.8 Å². The van der Waals surface area contributed by atoms with E-state index >= 15 is 0 Å². The molecular formula is C15H13BBrNO4S.